The summed E-state index contributed by atoms with van der Waals surface area (Å²) in [4.78, 5) is 13.0. The van der Waals surface area contributed by atoms with Crippen molar-refractivity contribution in [2.24, 2.45) is 50.2 Å². The van der Waals surface area contributed by atoms with E-state index in [-0.39, 0.29) is 46.7 Å². The minimum Gasteiger partial charge on any atom is -0.481 e. The molecule has 7 rings (SSSR count). The van der Waals surface area contributed by atoms with Gasteiger partial charge in [-0.25, -0.2) is 0 Å². The fraction of sp³-hybridized carbons (Fsp3) is 0.927. The van der Waals surface area contributed by atoms with Crippen LogP contribution >= 0.6 is 0 Å². The van der Waals surface area contributed by atoms with E-state index in [0.29, 0.717) is 18.8 Å². The van der Waals surface area contributed by atoms with Gasteiger partial charge in [0.25, 0.3) is 0 Å². The fourth-order valence-corrected chi connectivity index (χ4v) is 13.3. The van der Waals surface area contributed by atoms with Crippen LogP contribution in [0.1, 0.15) is 113 Å². The summed E-state index contributed by atoms with van der Waals surface area (Å²) in [5, 5.41) is 74.9. The number of carboxylic acid groups (broad SMARTS) is 1. The zero-order valence-corrected chi connectivity index (χ0v) is 32.7. The Morgan fingerprint density at radius 3 is 2.21 bits per heavy atom. The van der Waals surface area contributed by atoms with Gasteiger partial charge in [0.15, 0.2) is 12.6 Å². The van der Waals surface area contributed by atoms with Crippen molar-refractivity contribution < 1.29 is 59.5 Å². The number of carbonyl (C=O) groups is 1. The normalized spacial score (nSPS) is 55.1. The van der Waals surface area contributed by atoms with E-state index in [1.165, 1.54) is 12.5 Å². The van der Waals surface area contributed by atoms with Crippen LogP contribution in [0.3, 0.4) is 0 Å². The number of aliphatic hydroxyl groups excluding tert-OH is 6. The summed E-state index contributed by atoms with van der Waals surface area (Å²) in [5.74, 6) is -0.194. The van der Waals surface area contributed by atoms with Gasteiger partial charge in [0, 0.05) is 5.41 Å². The molecule has 0 bridgehead atoms. The minimum absolute atomic E-state index is 0.0360. The Kier molecular flexibility index (Phi) is 10.2. The summed E-state index contributed by atoms with van der Waals surface area (Å²) >= 11 is 0. The van der Waals surface area contributed by atoms with Gasteiger partial charge in [-0.2, -0.15) is 0 Å². The van der Waals surface area contributed by atoms with Crippen molar-refractivity contribution in [1.82, 2.24) is 0 Å². The van der Waals surface area contributed by atoms with Gasteiger partial charge in [-0.15, -0.1) is 0 Å². The van der Waals surface area contributed by atoms with Crippen LogP contribution in [0.5, 0.6) is 0 Å². The molecule has 12 nitrogen and oxygen atoms in total. The number of aliphatic hydroxyl groups is 6. The Balaban J connectivity index is 1.15. The van der Waals surface area contributed by atoms with Crippen molar-refractivity contribution in [1.29, 1.82) is 0 Å². The van der Waals surface area contributed by atoms with E-state index in [2.05, 4.69) is 47.6 Å². The van der Waals surface area contributed by atoms with Crippen molar-refractivity contribution in [2.45, 2.75) is 174 Å². The number of ether oxygens (including phenoxy) is 4. The lowest BCUT2D eigenvalue weighted by Crippen LogP contribution is -2.67. The highest BCUT2D eigenvalue weighted by Crippen LogP contribution is 2.76. The number of hydrogen-bond donors (Lipinski definition) is 7. The summed E-state index contributed by atoms with van der Waals surface area (Å²) in [6.07, 6.45) is -1.79. The Bertz CT molecular complexity index is 1440. The second-order valence-electron chi connectivity index (χ2n) is 20.0. The molecule has 7 aliphatic rings. The zero-order chi connectivity index (χ0) is 38.7. The molecular weight excluding hydrogens is 684 g/mol. The molecular formula is C41H66O12. The van der Waals surface area contributed by atoms with Crippen molar-refractivity contribution in [3.63, 3.8) is 0 Å². The second kappa shape index (κ2) is 13.5. The summed E-state index contributed by atoms with van der Waals surface area (Å²) < 4.78 is 24.3. The van der Waals surface area contributed by atoms with Crippen LogP contribution in [-0.2, 0) is 23.7 Å². The summed E-state index contributed by atoms with van der Waals surface area (Å²) in [6, 6.07) is 0. The van der Waals surface area contributed by atoms with Crippen LogP contribution < -0.4 is 0 Å². The molecule has 0 amide bonds. The standard InChI is InChI=1S/C41H66O12/c1-21-28(44)30(46)31(47)33(51-21)53-32-29(45)24(43)19-50-34(32)52-27-11-12-37(4)25(38(27,5)20-42)10-13-40(7)26(37)9-8-22-23-18-36(2,3)14-16-41(23,35(48)49)17-15-39(22,40)6/h8,21,23-34,42-47H,9-20H2,1-7H3,(H,48,49)/t21-,23-,24-,25+,26+,27-,28-,29+,30+,31+,32+,33-,34-,37-,38-,39+,40+,41-/m0/s1. The van der Waals surface area contributed by atoms with E-state index in [9.17, 15) is 40.5 Å². The Morgan fingerprint density at radius 2 is 1.53 bits per heavy atom. The van der Waals surface area contributed by atoms with E-state index < -0.39 is 78.2 Å². The highest BCUT2D eigenvalue weighted by atomic mass is 16.8. The monoisotopic (exact) mass is 750 g/mol. The molecule has 12 heteroatoms. The first-order valence-electron chi connectivity index (χ1n) is 20.2. The number of aliphatic carboxylic acids is 1. The molecule has 302 valence electrons. The van der Waals surface area contributed by atoms with Crippen LogP contribution in [0.4, 0.5) is 0 Å². The molecule has 4 saturated carbocycles. The molecule has 0 unspecified atom stereocenters. The van der Waals surface area contributed by atoms with Gasteiger partial charge in [0.05, 0.1) is 30.8 Å². The summed E-state index contributed by atoms with van der Waals surface area (Å²) in [7, 11) is 0. The minimum atomic E-state index is -1.62. The van der Waals surface area contributed by atoms with Crippen LogP contribution in [0.25, 0.3) is 0 Å². The largest absolute Gasteiger partial charge is 0.481 e. The molecule has 2 aliphatic heterocycles. The molecule has 18 atom stereocenters. The number of hydrogen-bond acceptors (Lipinski definition) is 11. The van der Waals surface area contributed by atoms with Gasteiger partial charge >= 0.3 is 5.97 Å². The van der Waals surface area contributed by atoms with E-state index in [1.807, 2.05) is 0 Å². The van der Waals surface area contributed by atoms with Gasteiger partial charge in [0.1, 0.15) is 36.6 Å². The Morgan fingerprint density at radius 1 is 0.830 bits per heavy atom. The predicted octanol–water partition coefficient (Wildman–Crippen LogP) is 3.52. The average Bonchev–Trinajstić information content (AvgIpc) is 3.10. The summed E-state index contributed by atoms with van der Waals surface area (Å²) in [6.45, 7) is 15.1. The first-order chi connectivity index (χ1) is 24.7. The van der Waals surface area contributed by atoms with Gasteiger partial charge in [-0.1, -0.05) is 53.2 Å². The lowest BCUT2D eigenvalue weighted by molar-refractivity contribution is -0.365. The van der Waals surface area contributed by atoms with Gasteiger partial charge in [0.2, 0.25) is 0 Å². The number of carboxylic acids is 1. The molecule has 53 heavy (non-hydrogen) atoms. The molecule has 6 fully saturated rings. The highest BCUT2D eigenvalue weighted by Gasteiger charge is 2.70. The first kappa shape index (κ1) is 40.0. The van der Waals surface area contributed by atoms with E-state index >= 15 is 0 Å². The Hall–Kier alpha value is -1.19. The van der Waals surface area contributed by atoms with Gasteiger partial charge < -0.3 is 54.7 Å². The van der Waals surface area contributed by atoms with Crippen molar-refractivity contribution in [3.8, 4) is 0 Å². The third kappa shape index (κ3) is 5.85. The average molecular weight is 751 g/mol. The van der Waals surface area contributed by atoms with Crippen molar-refractivity contribution >= 4 is 5.97 Å². The van der Waals surface area contributed by atoms with Gasteiger partial charge in [-0.05, 0) is 111 Å². The van der Waals surface area contributed by atoms with Crippen LogP contribution in [0, 0.1) is 50.2 Å². The molecule has 2 heterocycles. The highest BCUT2D eigenvalue weighted by molar-refractivity contribution is 5.76. The molecule has 0 spiro atoms. The van der Waals surface area contributed by atoms with E-state index in [4.69, 9.17) is 18.9 Å². The molecule has 0 radical (unpaired) electrons. The molecule has 0 aromatic heterocycles. The lowest BCUT2D eigenvalue weighted by atomic mass is 9.33. The van der Waals surface area contributed by atoms with Gasteiger partial charge in [-0.3, -0.25) is 4.79 Å². The zero-order valence-electron chi connectivity index (χ0n) is 32.7. The number of allylic oxidation sites excluding steroid dienone is 2. The maximum Gasteiger partial charge on any atom is 0.310 e. The maximum atomic E-state index is 13.0. The Labute approximate surface area is 314 Å². The van der Waals surface area contributed by atoms with Crippen LogP contribution in [-0.4, -0.2) is 116 Å². The third-order valence-electron chi connectivity index (χ3n) is 17.0. The smallest absolute Gasteiger partial charge is 0.310 e. The molecule has 0 aromatic carbocycles. The SMILES string of the molecule is C[C@@H]1O[C@@H](O[C@H]2[C@H](O[C@H]3CC[C@@]4(C)[C@@H](CC[C@]5(C)[C@@H]4CC=C4[C@@H]6CC(C)(C)CC[C@]6(C(=O)O)CC[C@]45C)[C@]3(C)CO)OC[C@H](O)[C@H]2O)[C@H](O)[C@H](O)[C@H]1O. The number of rotatable bonds is 6. The van der Waals surface area contributed by atoms with Crippen molar-refractivity contribution in [2.75, 3.05) is 13.2 Å². The molecule has 5 aliphatic carbocycles. The lowest BCUT2D eigenvalue weighted by Gasteiger charge is -2.71. The molecule has 2 saturated heterocycles. The topological polar surface area (TPSA) is 196 Å². The van der Waals surface area contributed by atoms with E-state index in [1.54, 1.807) is 0 Å². The first-order valence-corrected chi connectivity index (χ1v) is 20.2. The predicted molar refractivity (Wildman–Crippen MR) is 192 cm³/mol. The van der Waals surface area contributed by atoms with Crippen LogP contribution in [0.15, 0.2) is 11.6 Å². The maximum absolute atomic E-state index is 13.0. The number of fused-ring (bicyclic) bond motifs is 7. The van der Waals surface area contributed by atoms with Crippen LogP contribution in [0.2, 0.25) is 0 Å². The fourth-order valence-electron chi connectivity index (χ4n) is 13.3. The summed E-state index contributed by atoms with van der Waals surface area (Å²) in [5.41, 5.74) is -0.239. The van der Waals surface area contributed by atoms with Crippen molar-refractivity contribution in [3.05, 3.63) is 11.6 Å². The second-order valence-corrected chi connectivity index (χ2v) is 20.0. The van der Waals surface area contributed by atoms with E-state index in [0.717, 1.165) is 51.4 Å². The third-order valence-corrected chi connectivity index (χ3v) is 17.0. The quantitative estimate of drug-likeness (QED) is 0.155. The molecule has 0 aromatic rings. The molecule has 7 N–H and O–H groups in total.